The highest BCUT2D eigenvalue weighted by Gasteiger charge is 2.27. The highest BCUT2D eigenvalue weighted by Crippen LogP contribution is 2.38. The van der Waals surface area contributed by atoms with Gasteiger partial charge in [0.15, 0.2) is 5.11 Å². The fourth-order valence-corrected chi connectivity index (χ4v) is 4.13. The summed E-state index contributed by atoms with van der Waals surface area (Å²) in [5.74, 6) is 0.222. The fraction of sp³-hybridized carbons (Fsp3) is 0.333. The minimum Gasteiger partial charge on any atom is -0.363 e. The van der Waals surface area contributed by atoms with Gasteiger partial charge in [-0.05, 0) is 67.1 Å². The first kappa shape index (κ1) is 25.4. The molecular formula is C21H22Cl2F3N3OS. The number of benzene rings is 2. The number of aldehydes is 1. The van der Waals surface area contributed by atoms with E-state index in [1.807, 2.05) is 31.2 Å². The van der Waals surface area contributed by atoms with E-state index in [1.165, 1.54) is 11.1 Å². The lowest BCUT2D eigenvalue weighted by atomic mass is 9.84. The van der Waals surface area contributed by atoms with Crippen molar-refractivity contribution < 1.29 is 18.0 Å². The molecule has 168 valence electrons. The maximum absolute atomic E-state index is 10.4. The molecule has 2 N–H and O–H groups in total. The van der Waals surface area contributed by atoms with Crippen molar-refractivity contribution >= 4 is 52.5 Å². The second-order valence-electron chi connectivity index (χ2n) is 6.97. The van der Waals surface area contributed by atoms with E-state index in [9.17, 15) is 13.2 Å². The van der Waals surface area contributed by atoms with Crippen molar-refractivity contribution in [2.45, 2.75) is 25.6 Å². The number of hydrogen-bond acceptors (Lipinski definition) is 3. The number of nitrogens with zero attached hydrogens (tertiary/aromatic N) is 1. The lowest BCUT2D eigenvalue weighted by Gasteiger charge is -2.33. The molecule has 1 unspecified atom stereocenters. The number of halogens is 5. The van der Waals surface area contributed by atoms with E-state index in [0.717, 1.165) is 35.9 Å². The molecule has 31 heavy (non-hydrogen) atoms. The molecule has 0 saturated carbocycles. The third kappa shape index (κ3) is 7.64. The average molecular weight is 492 g/mol. The number of alkyl halides is 3. The van der Waals surface area contributed by atoms with E-state index < -0.39 is 12.5 Å². The second-order valence-corrected chi connectivity index (χ2v) is 8.23. The lowest BCUT2D eigenvalue weighted by molar-refractivity contribution is -0.156. The quantitative estimate of drug-likeness (QED) is 0.430. The SMILES string of the molecule is CCNC(=S)Nc1cccc(C2CN(C)Cc3c(Cl)cc(Cl)cc32)c1.O=CC(F)(F)F. The summed E-state index contributed by atoms with van der Waals surface area (Å²) >= 11 is 18.0. The van der Waals surface area contributed by atoms with Gasteiger partial charge in [-0.15, -0.1) is 0 Å². The number of likely N-dealkylation sites (N-methyl/N-ethyl adjacent to an activating group) is 1. The zero-order valence-electron chi connectivity index (χ0n) is 16.9. The van der Waals surface area contributed by atoms with Crippen molar-refractivity contribution in [3.05, 3.63) is 63.1 Å². The van der Waals surface area contributed by atoms with E-state index in [-0.39, 0.29) is 5.92 Å². The molecule has 1 heterocycles. The van der Waals surface area contributed by atoms with Crippen LogP contribution in [0.5, 0.6) is 0 Å². The molecule has 0 aliphatic carbocycles. The van der Waals surface area contributed by atoms with Crippen LogP contribution < -0.4 is 10.6 Å². The van der Waals surface area contributed by atoms with Crippen molar-refractivity contribution in [2.75, 3.05) is 25.5 Å². The summed E-state index contributed by atoms with van der Waals surface area (Å²) in [6.07, 6.45) is -5.70. The lowest BCUT2D eigenvalue weighted by Crippen LogP contribution is -2.31. The molecule has 0 radical (unpaired) electrons. The summed E-state index contributed by atoms with van der Waals surface area (Å²) in [5, 5.41) is 8.39. The first-order valence-corrected chi connectivity index (χ1v) is 10.5. The van der Waals surface area contributed by atoms with Gasteiger partial charge in [-0.3, -0.25) is 4.79 Å². The van der Waals surface area contributed by atoms with Gasteiger partial charge in [0.25, 0.3) is 0 Å². The molecule has 3 rings (SSSR count). The Morgan fingerprint density at radius 2 is 1.97 bits per heavy atom. The summed E-state index contributed by atoms with van der Waals surface area (Å²) in [4.78, 5) is 11.0. The standard InChI is InChI=1S/C19H21Cl2N3S.C2HF3O/c1-3-22-19(25)23-14-6-4-5-12(7-14)16-10-24(2)11-17-15(16)8-13(20)9-18(17)21;3-2(4,5)1-6/h4-9,16H,3,10-11H2,1-2H3,(H2,22,23,25);1H. The monoisotopic (exact) mass is 491 g/mol. The van der Waals surface area contributed by atoms with Gasteiger partial charge >= 0.3 is 6.18 Å². The molecule has 1 atom stereocenters. The summed E-state index contributed by atoms with van der Waals surface area (Å²) in [5.41, 5.74) is 4.56. The zero-order valence-corrected chi connectivity index (χ0v) is 19.2. The molecule has 2 aromatic rings. The number of anilines is 1. The van der Waals surface area contributed by atoms with Crippen LogP contribution in [-0.4, -0.2) is 42.6 Å². The Morgan fingerprint density at radius 1 is 1.29 bits per heavy atom. The average Bonchev–Trinajstić information content (AvgIpc) is 2.68. The molecule has 1 aliphatic heterocycles. The Balaban J connectivity index is 0.000000501. The van der Waals surface area contributed by atoms with Crippen molar-refractivity contribution in [1.82, 2.24) is 10.2 Å². The molecule has 0 amide bonds. The largest absolute Gasteiger partial charge is 0.446 e. The summed E-state index contributed by atoms with van der Waals surface area (Å²) < 4.78 is 31.2. The number of carbonyl (C=O) groups is 1. The minimum atomic E-state index is -4.64. The van der Waals surface area contributed by atoms with E-state index in [1.54, 1.807) is 0 Å². The predicted molar refractivity (Wildman–Crippen MR) is 123 cm³/mol. The van der Waals surface area contributed by atoms with Gasteiger partial charge in [0.1, 0.15) is 0 Å². The van der Waals surface area contributed by atoms with Crippen molar-refractivity contribution in [3.63, 3.8) is 0 Å². The van der Waals surface area contributed by atoms with Gasteiger partial charge in [-0.25, -0.2) is 0 Å². The van der Waals surface area contributed by atoms with Gasteiger partial charge in [0, 0.05) is 41.3 Å². The summed E-state index contributed by atoms with van der Waals surface area (Å²) in [7, 11) is 2.11. The van der Waals surface area contributed by atoms with Gasteiger partial charge in [-0.2, -0.15) is 13.2 Å². The van der Waals surface area contributed by atoms with Crippen LogP contribution >= 0.6 is 35.4 Å². The Morgan fingerprint density at radius 3 is 2.58 bits per heavy atom. The number of thiocarbonyl (C=S) groups is 1. The van der Waals surface area contributed by atoms with E-state index in [2.05, 4.69) is 34.7 Å². The molecule has 1 aliphatic rings. The smallest absolute Gasteiger partial charge is 0.363 e. The van der Waals surface area contributed by atoms with Crippen molar-refractivity contribution in [2.24, 2.45) is 0 Å². The molecule has 0 spiro atoms. The molecule has 0 aromatic heterocycles. The van der Waals surface area contributed by atoms with Gasteiger partial charge in [0.05, 0.1) is 0 Å². The third-order valence-corrected chi connectivity index (χ3v) is 5.31. The molecule has 4 nitrogen and oxygen atoms in total. The topological polar surface area (TPSA) is 44.4 Å². The Labute approximate surface area is 194 Å². The molecule has 0 bridgehead atoms. The number of rotatable bonds is 3. The highest BCUT2D eigenvalue weighted by atomic mass is 35.5. The van der Waals surface area contributed by atoms with Crippen LogP contribution in [0.3, 0.4) is 0 Å². The predicted octanol–water partition coefficient (Wildman–Crippen LogP) is 5.62. The van der Waals surface area contributed by atoms with Crippen LogP contribution in [-0.2, 0) is 11.3 Å². The highest BCUT2D eigenvalue weighted by molar-refractivity contribution is 7.80. The first-order chi connectivity index (χ1) is 14.5. The maximum atomic E-state index is 10.4. The van der Waals surface area contributed by atoms with E-state index in [4.69, 9.17) is 40.2 Å². The van der Waals surface area contributed by atoms with Crippen molar-refractivity contribution in [1.29, 1.82) is 0 Å². The van der Waals surface area contributed by atoms with Crippen LogP contribution in [0.1, 0.15) is 29.5 Å². The zero-order chi connectivity index (χ0) is 23.2. The Hall–Kier alpha value is -1.87. The van der Waals surface area contributed by atoms with Crippen molar-refractivity contribution in [3.8, 4) is 0 Å². The van der Waals surface area contributed by atoms with Crippen LogP contribution in [0.4, 0.5) is 18.9 Å². The summed E-state index contributed by atoms with van der Waals surface area (Å²) in [6.45, 7) is 4.57. The van der Waals surface area contributed by atoms with Gasteiger partial charge in [-0.1, -0.05) is 35.3 Å². The first-order valence-electron chi connectivity index (χ1n) is 9.38. The van der Waals surface area contributed by atoms with Crippen LogP contribution in [0, 0.1) is 0 Å². The van der Waals surface area contributed by atoms with Crippen LogP contribution in [0.25, 0.3) is 0 Å². The Bertz CT molecular complexity index is 941. The Kier molecular flexibility index (Phi) is 9.12. The number of nitrogens with one attached hydrogen (secondary N) is 2. The third-order valence-electron chi connectivity index (χ3n) is 4.51. The van der Waals surface area contributed by atoms with Gasteiger partial charge < -0.3 is 15.5 Å². The number of carbonyl (C=O) groups excluding carboxylic acids is 1. The summed E-state index contributed by atoms with van der Waals surface area (Å²) in [6, 6.07) is 12.2. The molecular weight excluding hydrogens is 470 g/mol. The van der Waals surface area contributed by atoms with E-state index >= 15 is 0 Å². The minimum absolute atomic E-state index is 0.222. The second kappa shape index (κ2) is 11.1. The normalized spacial score (nSPS) is 15.9. The molecule has 0 fully saturated rings. The van der Waals surface area contributed by atoms with E-state index in [0.29, 0.717) is 10.1 Å². The number of hydrogen-bond donors (Lipinski definition) is 2. The number of fused-ring (bicyclic) bond motifs is 1. The molecule has 0 saturated heterocycles. The fourth-order valence-electron chi connectivity index (χ4n) is 3.30. The molecule has 2 aromatic carbocycles. The van der Waals surface area contributed by atoms with Gasteiger partial charge in [0.2, 0.25) is 6.29 Å². The van der Waals surface area contributed by atoms with Crippen LogP contribution in [0.2, 0.25) is 10.0 Å². The molecule has 10 heteroatoms. The maximum Gasteiger partial charge on any atom is 0.446 e. The van der Waals surface area contributed by atoms with Crippen LogP contribution in [0.15, 0.2) is 36.4 Å².